The number of fused-ring (bicyclic) bond motifs is 2. The Hall–Kier alpha value is -2.34. The number of nitrogens with zero attached hydrogens (tertiary/aromatic N) is 2. The van der Waals surface area contributed by atoms with Gasteiger partial charge in [-0.1, -0.05) is 43.0 Å². The third-order valence-electron chi connectivity index (χ3n) is 4.30. The Bertz CT molecular complexity index is 1010. The maximum Gasteiger partial charge on any atom is 0.262 e. The summed E-state index contributed by atoms with van der Waals surface area (Å²) in [5, 5.41) is 5.84. The normalized spacial score (nSPS) is 12.4. The Morgan fingerprint density at radius 3 is 2.58 bits per heavy atom. The minimum absolute atomic E-state index is 0.0349. The van der Waals surface area contributed by atoms with Gasteiger partial charge in [0.15, 0.2) is 5.16 Å². The molecule has 0 aliphatic heterocycles. The summed E-state index contributed by atoms with van der Waals surface area (Å²) in [6, 6.07) is 11.8. The summed E-state index contributed by atoms with van der Waals surface area (Å²) in [4.78, 5) is 29.8. The lowest BCUT2D eigenvalue weighted by atomic mass is 10.1. The van der Waals surface area contributed by atoms with E-state index in [9.17, 15) is 9.59 Å². The van der Waals surface area contributed by atoms with Gasteiger partial charge in [-0.15, -0.1) is 0 Å². The number of nitrogens with one attached hydrogen (secondary N) is 1. The molecule has 6 heteroatoms. The van der Waals surface area contributed by atoms with Crippen LogP contribution >= 0.6 is 11.8 Å². The molecule has 26 heavy (non-hydrogen) atoms. The molecule has 136 valence electrons. The molecule has 1 aromatic heterocycles. The number of hydrogen-bond acceptors (Lipinski definition) is 4. The van der Waals surface area contributed by atoms with Crippen LogP contribution in [0, 0.1) is 0 Å². The number of carbonyl (C=O) groups is 1. The van der Waals surface area contributed by atoms with Crippen LogP contribution in [0.15, 0.2) is 46.3 Å². The highest BCUT2D eigenvalue weighted by Crippen LogP contribution is 2.25. The van der Waals surface area contributed by atoms with E-state index in [4.69, 9.17) is 4.98 Å². The molecule has 0 aliphatic rings. The molecular weight excluding hydrogens is 346 g/mol. The van der Waals surface area contributed by atoms with E-state index in [1.165, 1.54) is 11.8 Å². The number of aromatic nitrogens is 2. The van der Waals surface area contributed by atoms with E-state index in [2.05, 4.69) is 5.32 Å². The van der Waals surface area contributed by atoms with Crippen LogP contribution < -0.4 is 10.9 Å². The largest absolute Gasteiger partial charge is 0.355 e. The number of hydrogen-bond donors (Lipinski definition) is 1. The van der Waals surface area contributed by atoms with Gasteiger partial charge >= 0.3 is 0 Å². The molecule has 2 aromatic carbocycles. The van der Waals surface area contributed by atoms with Gasteiger partial charge in [-0.3, -0.25) is 14.2 Å². The molecule has 0 unspecified atom stereocenters. The smallest absolute Gasteiger partial charge is 0.262 e. The molecule has 1 atom stereocenters. The Morgan fingerprint density at radius 2 is 1.92 bits per heavy atom. The molecule has 1 heterocycles. The van der Waals surface area contributed by atoms with Crippen LogP contribution in [-0.2, 0) is 11.3 Å². The summed E-state index contributed by atoms with van der Waals surface area (Å²) in [5.74, 6) is -0.0349. The highest BCUT2D eigenvalue weighted by Gasteiger charge is 2.18. The van der Waals surface area contributed by atoms with Crippen LogP contribution in [0.5, 0.6) is 0 Å². The molecule has 0 aliphatic carbocycles. The van der Waals surface area contributed by atoms with E-state index in [0.29, 0.717) is 29.1 Å². The highest BCUT2D eigenvalue weighted by atomic mass is 32.2. The molecule has 1 amide bonds. The number of carbonyl (C=O) groups excluding carboxylic acids is 1. The zero-order valence-corrected chi connectivity index (χ0v) is 16.1. The number of thioether (sulfide) groups is 1. The van der Waals surface area contributed by atoms with Crippen molar-refractivity contribution in [2.24, 2.45) is 0 Å². The number of amides is 1. The van der Waals surface area contributed by atoms with Gasteiger partial charge in [0.1, 0.15) is 0 Å². The monoisotopic (exact) mass is 369 g/mol. The van der Waals surface area contributed by atoms with Crippen LogP contribution in [0.25, 0.3) is 21.7 Å². The van der Waals surface area contributed by atoms with Crippen LogP contribution in [-0.4, -0.2) is 27.3 Å². The molecule has 0 spiro atoms. The van der Waals surface area contributed by atoms with E-state index >= 15 is 0 Å². The van der Waals surface area contributed by atoms with E-state index in [0.717, 1.165) is 17.2 Å². The van der Waals surface area contributed by atoms with Crippen molar-refractivity contribution in [3.63, 3.8) is 0 Å². The predicted octanol–water partition coefficient (Wildman–Crippen LogP) is 3.58. The lowest BCUT2D eigenvalue weighted by Crippen LogP contribution is -2.32. The average Bonchev–Trinajstić information content (AvgIpc) is 2.65. The maximum atomic E-state index is 13.0. The Balaban J connectivity index is 2.05. The Morgan fingerprint density at radius 1 is 1.23 bits per heavy atom. The van der Waals surface area contributed by atoms with Crippen molar-refractivity contribution in [3.8, 4) is 0 Å². The standard InChI is InChI=1S/C20H23N3O2S/c1-4-10-21-18(24)13(3)26-20-22-17-12-15-9-7-6-8-14(15)11-16(17)19(25)23(20)5-2/h6-9,11-13H,4-5,10H2,1-3H3,(H,21,24)/t13-/m1/s1. The first-order valence-electron chi connectivity index (χ1n) is 8.92. The number of rotatable bonds is 6. The van der Waals surface area contributed by atoms with Crippen LogP contribution in [0.1, 0.15) is 27.2 Å². The molecule has 3 rings (SSSR count). The van der Waals surface area contributed by atoms with Crippen LogP contribution in [0.2, 0.25) is 0 Å². The Labute approximate surface area is 156 Å². The third kappa shape index (κ3) is 3.60. The fourth-order valence-corrected chi connectivity index (χ4v) is 3.86. The molecule has 5 nitrogen and oxygen atoms in total. The lowest BCUT2D eigenvalue weighted by Gasteiger charge is -2.15. The zero-order valence-electron chi connectivity index (χ0n) is 15.3. The van der Waals surface area contributed by atoms with E-state index in [-0.39, 0.29) is 16.7 Å². The van der Waals surface area contributed by atoms with Crippen molar-refractivity contribution in [2.75, 3.05) is 6.54 Å². The summed E-state index contributed by atoms with van der Waals surface area (Å²) in [6.07, 6.45) is 0.893. The second-order valence-electron chi connectivity index (χ2n) is 6.21. The van der Waals surface area contributed by atoms with Gasteiger partial charge in [-0.25, -0.2) is 4.98 Å². The molecule has 0 radical (unpaired) electrons. The van der Waals surface area contributed by atoms with Gasteiger partial charge in [0, 0.05) is 13.1 Å². The maximum absolute atomic E-state index is 13.0. The fraction of sp³-hybridized carbons (Fsp3) is 0.350. The fourth-order valence-electron chi connectivity index (χ4n) is 2.86. The average molecular weight is 369 g/mol. The van der Waals surface area contributed by atoms with Gasteiger partial charge in [0.05, 0.1) is 16.2 Å². The molecule has 0 saturated carbocycles. The third-order valence-corrected chi connectivity index (χ3v) is 5.39. The molecule has 1 N–H and O–H groups in total. The topological polar surface area (TPSA) is 64.0 Å². The molecule has 0 fully saturated rings. The molecule has 0 saturated heterocycles. The van der Waals surface area contributed by atoms with Gasteiger partial charge in [0.2, 0.25) is 5.91 Å². The zero-order chi connectivity index (χ0) is 18.7. The van der Waals surface area contributed by atoms with E-state index in [1.54, 1.807) is 4.57 Å². The first-order chi connectivity index (χ1) is 12.5. The SMILES string of the molecule is CCCNC(=O)[C@@H](C)Sc1nc2cc3ccccc3cc2c(=O)n1CC. The quantitative estimate of drug-likeness (QED) is 0.410. The lowest BCUT2D eigenvalue weighted by molar-refractivity contribution is -0.120. The first-order valence-corrected chi connectivity index (χ1v) is 9.80. The minimum Gasteiger partial charge on any atom is -0.355 e. The molecule has 0 bridgehead atoms. The summed E-state index contributed by atoms with van der Waals surface area (Å²) < 4.78 is 1.64. The first kappa shape index (κ1) is 18.5. The van der Waals surface area contributed by atoms with Crippen LogP contribution in [0.4, 0.5) is 0 Å². The van der Waals surface area contributed by atoms with Crippen molar-refractivity contribution < 1.29 is 4.79 Å². The van der Waals surface area contributed by atoms with Crippen LogP contribution in [0.3, 0.4) is 0 Å². The van der Waals surface area contributed by atoms with Crippen molar-refractivity contribution in [1.29, 1.82) is 0 Å². The molecular formula is C20H23N3O2S. The minimum atomic E-state index is -0.316. The summed E-state index contributed by atoms with van der Waals surface area (Å²) in [5.41, 5.74) is 0.606. The van der Waals surface area contributed by atoms with Crippen molar-refractivity contribution >= 4 is 39.3 Å². The predicted molar refractivity (Wildman–Crippen MR) is 108 cm³/mol. The highest BCUT2D eigenvalue weighted by molar-refractivity contribution is 8.00. The summed E-state index contributed by atoms with van der Waals surface area (Å²) in [6.45, 7) is 6.94. The number of benzene rings is 2. The van der Waals surface area contributed by atoms with Crippen molar-refractivity contribution in [1.82, 2.24) is 14.9 Å². The van der Waals surface area contributed by atoms with E-state index in [1.807, 2.05) is 57.2 Å². The van der Waals surface area contributed by atoms with Gasteiger partial charge < -0.3 is 5.32 Å². The van der Waals surface area contributed by atoms with Crippen molar-refractivity contribution in [2.45, 2.75) is 44.1 Å². The second kappa shape index (κ2) is 7.91. The summed E-state index contributed by atoms with van der Waals surface area (Å²) >= 11 is 1.33. The Kier molecular flexibility index (Phi) is 5.61. The van der Waals surface area contributed by atoms with Crippen molar-refractivity contribution in [3.05, 3.63) is 46.8 Å². The van der Waals surface area contributed by atoms with Gasteiger partial charge in [-0.2, -0.15) is 0 Å². The molecule has 3 aromatic rings. The van der Waals surface area contributed by atoms with E-state index < -0.39 is 0 Å². The summed E-state index contributed by atoms with van der Waals surface area (Å²) in [7, 11) is 0. The van der Waals surface area contributed by atoms with Gasteiger partial charge in [0.25, 0.3) is 5.56 Å². The second-order valence-corrected chi connectivity index (χ2v) is 7.52. The van der Waals surface area contributed by atoms with Gasteiger partial charge in [-0.05, 0) is 43.2 Å².